The molecule has 1 aromatic heterocycles. The molecule has 0 spiro atoms. The van der Waals surface area contributed by atoms with Crippen molar-refractivity contribution in [1.29, 1.82) is 0 Å². The highest BCUT2D eigenvalue weighted by atomic mass is 16.7. The van der Waals surface area contributed by atoms with Gasteiger partial charge in [0, 0.05) is 52.0 Å². The van der Waals surface area contributed by atoms with Gasteiger partial charge in [0.25, 0.3) is 5.56 Å². The summed E-state index contributed by atoms with van der Waals surface area (Å²) in [5.74, 6) is -1.88. The number of aromatic amines is 1. The number of aryl methyl sites for hydroxylation is 1. The molecule has 3 aromatic carbocycles. The number of benzene rings is 3. The first-order chi connectivity index (χ1) is 37.9. The number of H-pyrrole nitrogens is 1. The molecule has 79 heavy (non-hydrogen) atoms. The lowest BCUT2D eigenvalue weighted by Gasteiger charge is -2.47. The fourth-order valence-electron chi connectivity index (χ4n) is 10.2. The minimum atomic E-state index is -1.55. The molecule has 430 valence electrons. The highest BCUT2D eigenvalue weighted by Gasteiger charge is 2.51. The van der Waals surface area contributed by atoms with E-state index in [1.807, 2.05) is 78.9 Å². The second-order valence-electron chi connectivity index (χ2n) is 20.1. The van der Waals surface area contributed by atoms with E-state index in [2.05, 4.69) is 10.3 Å². The Labute approximate surface area is 459 Å². The van der Waals surface area contributed by atoms with Crippen molar-refractivity contribution in [3.05, 3.63) is 128 Å². The van der Waals surface area contributed by atoms with Crippen molar-refractivity contribution in [2.45, 2.75) is 153 Å². The average Bonchev–Trinajstić information content (AvgIpc) is 3.59. The quantitative estimate of drug-likeness (QED) is 0.0283. The number of unbranched alkanes of at least 4 members (excludes halogenated alkanes) is 8. The Bertz CT molecular complexity index is 2700. The number of carbonyl (C=O) groups is 5. The van der Waals surface area contributed by atoms with Crippen LogP contribution in [-0.2, 0) is 58.0 Å². The zero-order valence-electron chi connectivity index (χ0n) is 46.0. The normalized spacial score (nSPS) is 21.2. The maximum absolute atomic E-state index is 14.3. The van der Waals surface area contributed by atoms with Crippen molar-refractivity contribution in [1.82, 2.24) is 19.8 Å². The number of carboxylic acid groups (broad SMARTS) is 1. The van der Waals surface area contributed by atoms with Crippen LogP contribution in [0, 0.1) is 6.92 Å². The lowest BCUT2D eigenvalue weighted by atomic mass is 9.79. The van der Waals surface area contributed by atoms with E-state index >= 15 is 0 Å². The van der Waals surface area contributed by atoms with Crippen molar-refractivity contribution in [3.63, 3.8) is 0 Å². The summed E-state index contributed by atoms with van der Waals surface area (Å²) in [4.78, 5) is 92.0. The predicted molar refractivity (Wildman–Crippen MR) is 287 cm³/mol. The van der Waals surface area contributed by atoms with Crippen molar-refractivity contribution < 1.29 is 72.1 Å². The van der Waals surface area contributed by atoms with E-state index in [9.17, 15) is 43.8 Å². The number of nitrogens with zero attached hydrogens (tertiary/aromatic N) is 2. The SMILES string of the molecule is COc1ccc(C(OC[C@]2(CO)CN(C(=O)CCCCCCCCCCCO[C@@H]3O[C@H](CCC(=O)O)[C@@H](OC(C)=O)[C@H](OC(C)=O)[C@H]3NC(C)=O)C[C@H](n3cc(C)c(=O)[nH]c3=O)O2)(c2ccccc2)c2ccc(OC)cc2)cc1. The summed E-state index contributed by atoms with van der Waals surface area (Å²) < 4.78 is 49.3. The second kappa shape index (κ2) is 29.3. The topological polar surface area (TPSA) is 270 Å². The molecular weight excluding hydrogens is 1020 g/mol. The van der Waals surface area contributed by atoms with Crippen molar-refractivity contribution in [2.24, 2.45) is 0 Å². The van der Waals surface area contributed by atoms with Gasteiger partial charge in [-0.15, -0.1) is 0 Å². The largest absolute Gasteiger partial charge is 0.497 e. The van der Waals surface area contributed by atoms with Gasteiger partial charge in [0.05, 0.1) is 40.5 Å². The number of aromatic nitrogens is 2. The summed E-state index contributed by atoms with van der Waals surface area (Å²) in [7, 11) is 3.17. The number of hydrogen-bond acceptors (Lipinski definition) is 16. The molecule has 0 bridgehead atoms. The molecule has 0 unspecified atom stereocenters. The lowest BCUT2D eigenvalue weighted by molar-refractivity contribution is -0.273. The average molecular weight is 1100 g/mol. The van der Waals surface area contributed by atoms with Crippen LogP contribution in [0.4, 0.5) is 0 Å². The number of hydrogen-bond donors (Lipinski definition) is 4. The van der Waals surface area contributed by atoms with Gasteiger partial charge in [-0.2, -0.15) is 0 Å². The summed E-state index contributed by atoms with van der Waals surface area (Å²) >= 11 is 0. The summed E-state index contributed by atoms with van der Waals surface area (Å²) in [6.45, 7) is 4.49. The zero-order valence-corrected chi connectivity index (χ0v) is 46.0. The first-order valence-corrected chi connectivity index (χ1v) is 26.9. The smallest absolute Gasteiger partial charge is 0.330 e. The fourth-order valence-corrected chi connectivity index (χ4v) is 10.2. The summed E-state index contributed by atoms with van der Waals surface area (Å²) in [6, 6.07) is 23.5. The number of aliphatic hydroxyl groups excluding tert-OH is 1. The lowest BCUT2D eigenvalue weighted by Crippen LogP contribution is -2.65. The van der Waals surface area contributed by atoms with Gasteiger partial charge < -0.3 is 58.3 Å². The van der Waals surface area contributed by atoms with Gasteiger partial charge in [-0.3, -0.25) is 38.3 Å². The maximum atomic E-state index is 14.3. The number of carboxylic acids is 1. The number of morpholine rings is 1. The summed E-state index contributed by atoms with van der Waals surface area (Å²) in [6.07, 6.45) is 3.16. The molecule has 21 nitrogen and oxygen atoms in total. The van der Waals surface area contributed by atoms with E-state index in [4.69, 9.17) is 37.9 Å². The van der Waals surface area contributed by atoms with Gasteiger partial charge in [-0.25, -0.2) is 4.79 Å². The number of nitrogens with one attached hydrogen (secondary N) is 2. The minimum Gasteiger partial charge on any atom is -0.497 e. The number of ether oxygens (including phenoxy) is 8. The Morgan fingerprint density at radius 3 is 1.86 bits per heavy atom. The number of methoxy groups -OCH3 is 2. The molecule has 2 fully saturated rings. The van der Waals surface area contributed by atoms with Crippen LogP contribution in [0.15, 0.2) is 94.6 Å². The number of carbonyl (C=O) groups excluding carboxylic acids is 4. The predicted octanol–water partition coefficient (Wildman–Crippen LogP) is 5.83. The third-order valence-corrected chi connectivity index (χ3v) is 14.1. The number of aliphatic carboxylic acids is 1. The molecule has 0 saturated carbocycles. The van der Waals surface area contributed by atoms with Crippen LogP contribution >= 0.6 is 0 Å². The van der Waals surface area contributed by atoms with Crippen LogP contribution in [0.1, 0.15) is 126 Å². The highest BCUT2D eigenvalue weighted by molar-refractivity contribution is 5.76. The number of aliphatic hydroxyl groups is 1. The standard InChI is InChI=1S/C58H76N4O17/c1-38-33-62(56(71)60-54(38)70)49-34-61(35-57(36-63,79-49)37-75-58(42-19-15-14-16-20-42,43-22-26-45(72-5)27-23-43)44-24-28-46(73-6)29-25-44)48(67)21-17-12-10-8-7-9-11-13-18-32-74-55-51(59-39(2)64)53(77-41(4)66)52(76-40(3)65)47(78-55)30-31-50(68)69/h14-16,19-20,22-29,33,47,49,51-53,55,63H,7-13,17-18,21,30-32,34-37H2,1-6H3,(H,59,64)(H,68,69)(H,60,70,71)/t47-,49-,51-,52-,53-,55-,57-/m1/s1. The summed E-state index contributed by atoms with van der Waals surface area (Å²) in [5, 5.41) is 23.5. The molecule has 2 saturated heterocycles. The minimum absolute atomic E-state index is 0.0278. The molecule has 2 aliphatic heterocycles. The van der Waals surface area contributed by atoms with E-state index < -0.39 is 89.7 Å². The Hall–Kier alpha value is -6.91. The van der Waals surface area contributed by atoms with Gasteiger partial charge >= 0.3 is 23.6 Å². The van der Waals surface area contributed by atoms with Gasteiger partial charge in [0.15, 0.2) is 24.7 Å². The van der Waals surface area contributed by atoms with Crippen molar-refractivity contribution in [2.75, 3.05) is 47.1 Å². The molecule has 4 N–H and O–H groups in total. The van der Waals surface area contributed by atoms with Gasteiger partial charge in [-0.1, -0.05) is 99.5 Å². The van der Waals surface area contributed by atoms with Crippen LogP contribution in [0.5, 0.6) is 11.5 Å². The summed E-state index contributed by atoms with van der Waals surface area (Å²) in [5.41, 5.74) is -1.63. The molecule has 6 rings (SSSR count). The van der Waals surface area contributed by atoms with E-state index in [0.717, 1.165) is 61.6 Å². The van der Waals surface area contributed by atoms with Crippen LogP contribution < -0.4 is 26.0 Å². The number of rotatable bonds is 29. The fraction of sp³-hybridized carbons (Fsp3) is 0.534. The van der Waals surface area contributed by atoms with E-state index in [1.165, 1.54) is 31.5 Å². The van der Waals surface area contributed by atoms with Crippen LogP contribution in [0.2, 0.25) is 0 Å². The van der Waals surface area contributed by atoms with E-state index in [1.54, 1.807) is 26.0 Å². The Morgan fingerprint density at radius 1 is 0.759 bits per heavy atom. The molecule has 7 atom stereocenters. The maximum Gasteiger partial charge on any atom is 0.330 e. The Kier molecular flexibility index (Phi) is 22.8. The second-order valence-corrected chi connectivity index (χ2v) is 20.1. The first-order valence-electron chi connectivity index (χ1n) is 26.9. The Balaban J connectivity index is 1.06. The first kappa shape index (κ1) is 61.3. The molecule has 0 aliphatic carbocycles. The molecule has 4 aromatic rings. The number of amides is 2. The zero-order chi connectivity index (χ0) is 57.1. The van der Waals surface area contributed by atoms with Gasteiger partial charge in [0.2, 0.25) is 11.8 Å². The van der Waals surface area contributed by atoms with Crippen LogP contribution in [-0.4, -0.2) is 138 Å². The molecule has 2 aliphatic rings. The van der Waals surface area contributed by atoms with Crippen LogP contribution in [0.25, 0.3) is 0 Å². The molecule has 3 heterocycles. The molecule has 2 amide bonds. The van der Waals surface area contributed by atoms with Gasteiger partial charge in [-0.05, 0) is 67.1 Å². The molecule has 0 radical (unpaired) electrons. The highest BCUT2D eigenvalue weighted by Crippen LogP contribution is 2.43. The van der Waals surface area contributed by atoms with Crippen molar-refractivity contribution >= 4 is 29.7 Å². The molecular formula is C58H76N4O17. The van der Waals surface area contributed by atoms with Gasteiger partial charge in [0.1, 0.15) is 34.8 Å². The van der Waals surface area contributed by atoms with E-state index in [-0.39, 0.29) is 57.0 Å². The van der Waals surface area contributed by atoms with E-state index in [0.29, 0.717) is 24.3 Å². The molecule has 21 heteroatoms. The monoisotopic (exact) mass is 1100 g/mol. The number of esters is 2. The van der Waals surface area contributed by atoms with Crippen LogP contribution in [0.3, 0.4) is 0 Å². The third kappa shape index (κ3) is 16.6. The Morgan fingerprint density at radius 2 is 1.32 bits per heavy atom. The third-order valence-electron chi connectivity index (χ3n) is 14.1. The van der Waals surface area contributed by atoms with Crippen molar-refractivity contribution in [3.8, 4) is 11.5 Å².